The summed E-state index contributed by atoms with van der Waals surface area (Å²) < 4.78 is 19.5. The van der Waals surface area contributed by atoms with Crippen molar-refractivity contribution in [3.8, 4) is 5.88 Å². The van der Waals surface area contributed by atoms with Gasteiger partial charge in [-0.3, -0.25) is 0 Å². The van der Waals surface area contributed by atoms with Crippen LogP contribution in [0.15, 0.2) is 36.5 Å². The molecule has 2 rings (SSSR count). The summed E-state index contributed by atoms with van der Waals surface area (Å²) >= 11 is 5.72. The second-order valence-electron chi connectivity index (χ2n) is 6.64. The van der Waals surface area contributed by atoms with E-state index in [2.05, 4.69) is 25.8 Å². The van der Waals surface area contributed by atoms with Gasteiger partial charge in [0, 0.05) is 11.8 Å². The fraction of sp³-hybridized carbons (Fsp3) is 0.389. The van der Waals surface area contributed by atoms with Gasteiger partial charge in [-0.05, 0) is 42.5 Å². The van der Waals surface area contributed by atoms with Crippen LogP contribution in [-0.2, 0) is 6.42 Å². The van der Waals surface area contributed by atoms with E-state index in [1.54, 1.807) is 18.3 Å². The van der Waals surface area contributed by atoms with Crippen molar-refractivity contribution in [2.75, 3.05) is 0 Å². The second kappa shape index (κ2) is 6.66. The summed E-state index contributed by atoms with van der Waals surface area (Å²) in [4.78, 5) is 4.33. The maximum Gasteiger partial charge on any atom is 0.217 e. The van der Waals surface area contributed by atoms with Gasteiger partial charge < -0.3 is 4.74 Å². The zero-order valence-electron chi connectivity index (χ0n) is 13.4. The minimum absolute atomic E-state index is 0.113. The Labute approximate surface area is 136 Å². The van der Waals surface area contributed by atoms with Crippen molar-refractivity contribution in [1.82, 2.24) is 4.98 Å². The molecule has 0 aliphatic heterocycles. The molecule has 0 fully saturated rings. The van der Waals surface area contributed by atoms with E-state index in [1.807, 2.05) is 19.1 Å². The Morgan fingerprint density at radius 2 is 2.00 bits per heavy atom. The van der Waals surface area contributed by atoms with E-state index >= 15 is 0 Å². The van der Waals surface area contributed by atoms with Gasteiger partial charge in [0.2, 0.25) is 5.88 Å². The molecule has 0 aliphatic rings. The van der Waals surface area contributed by atoms with E-state index < -0.39 is 5.82 Å². The molecule has 4 heteroatoms. The quantitative estimate of drug-likeness (QED) is 0.731. The highest BCUT2D eigenvalue weighted by atomic mass is 35.5. The summed E-state index contributed by atoms with van der Waals surface area (Å²) in [6.07, 6.45) is 2.26. The molecule has 0 spiro atoms. The van der Waals surface area contributed by atoms with E-state index in [9.17, 15) is 4.39 Å². The van der Waals surface area contributed by atoms with Crippen molar-refractivity contribution in [3.05, 3.63) is 58.5 Å². The molecule has 1 heterocycles. The molecular formula is C18H21ClFNO. The van der Waals surface area contributed by atoms with Gasteiger partial charge in [0.15, 0.2) is 0 Å². The van der Waals surface area contributed by atoms with Crippen molar-refractivity contribution in [3.63, 3.8) is 0 Å². The Bertz CT molecular complexity index is 652. The van der Waals surface area contributed by atoms with E-state index in [4.69, 9.17) is 16.3 Å². The van der Waals surface area contributed by atoms with E-state index in [0.717, 1.165) is 17.5 Å². The highest BCUT2D eigenvalue weighted by Crippen LogP contribution is 2.29. The van der Waals surface area contributed by atoms with Gasteiger partial charge in [0.25, 0.3) is 0 Å². The maximum absolute atomic E-state index is 13.6. The van der Waals surface area contributed by atoms with Gasteiger partial charge in [0.1, 0.15) is 11.9 Å². The predicted octanol–water partition coefficient (Wildman–Crippen LogP) is 5.60. The van der Waals surface area contributed by atoms with Crippen LogP contribution in [-0.4, -0.2) is 4.98 Å². The molecule has 1 atom stereocenters. The van der Waals surface area contributed by atoms with Crippen LogP contribution in [0.3, 0.4) is 0 Å². The number of pyridine rings is 1. The van der Waals surface area contributed by atoms with E-state index in [0.29, 0.717) is 5.88 Å². The highest BCUT2D eigenvalue weighted by molar-refractivity contribution is 6.30. The lowest BCUT2D eigenvalue weighted by molar-refractivity contribution is 0.212. The number of ether oxygens (including phenoxy) is 1. The van der Waals surface area contributed by atoms with Crippen LogP contribution in [0.4, 0.5) is 4.39 Å². The van der Waals surface area contributed by atoms with Crippen LogP contribution < -0.4 is 4.74 Å². The Morgan fingerprint density at radius 1 is 1.27 bits per heavy atom. The lowest BCUT2D eigenvalue weighted by atomic mass is 9.88. The average molecular weight is 322 g/mol. The van der Waals surface area contributed by atoms with Crippen molar-refractivity contribution in [2.24, 2.45) is 5.41 Å². The first-order valence-corrected chi connectivity index (χ1v) is 7.69. The lowest BCUT2D eigenvalue weighted by Gasteiger charge is -2.21. The first-order valence-electron chi connectivity index (χ1n) is 7.32. The molecule has 118 valence electrons. The van der Waals surface area contributed by atoms with E-state index in [-0.39, 0.29) is 16.5 Å². The van der Waals surface area contributed by atoms with Gasteiger partial charge in [0.05, 0.1) is 5.02 Å². The Morgan fingerprint density at radius 3 is 2.64 bits per heavy atom. The summed E-state index contributed by atoms with van der Waals surface area (Å²) in [5, 5.41) is 0.113. The van der Waals surface area contributed by atoms with Gasteiger partial charge in [-0.25, -0.2) is 9.37 Å². The molecule has 1 aromatic carbocycles. The van der Waals surface area contributed by atoms with Gasteiger partial charge >= 0.3 is 0 Å². The zero-order valence-corrected chi connectivity index (χ0v) is 14.1. The third kappa shape index (κ3) is 4.44. The molecule has 0 amide bonds. The molecule has 2 aromatic rings. The number of hydrogen-bond acceptors (Lipinski definition) is 2. The monoisotopic (exact) mass is 321 g/mol. The molecule has 0 bridgehead atoms. The minimum Gasteiger partial charge on any atom is -0.470 e. The molecule has 1 aromatic heterocycles. The van der Waals surface area contributed by atoms with Crippen LogP contribution in [0.25, 0.3) is 0 Å². The summed E-state index contributed by atoms with van der Waals surface area (Å²) in [7, 11) is 0. The van der Waals surface area contributed by atoms with Crippen molar-refractivity contribution >= 4 is 11.6 Å². The van der Waals surface area contributed by atoms with Crippen molar-refractivity contribution < 1.29 is 9.13 Å². The maximum atomic E-state index is 13.6. The number of halogens is 2. The number of aromatic nitrogens is 1. The fourth-order valence-electron chi connectivity index (χ4n) is 2.24. The summed E-state index contributed by atoms with van der Waals surface area (Å²) in [6, 6.07) is 8.63. The Balaban J connectivity index is 2.21. The van der Waals surface area contributed by atoms with Crippen molar-refractivity contribution in [1.29, 1.82) is 0 Å². The van der Waals surface area contributed by atoms with Crippen molar-refractivity contribution in [2.45, 2.75) is 40.2 Å². The molecule has 22 heavy (non-hydrogen) atoms. The van der Waals surface area contributed by atoms with Crippen LogP contribution >= 0.6 is 11.6 Å². The first kappa shape index (κ1) is 16.8. The predicted molar refractivity (Wildman–Crippen MR) is 87.8 cm³/mol. The standard InChI is InChI=1S/C18H21ClFNO/c1-12(13-7-8-15(19)16(20)10-13)22-17-14(6-5-9-21-17)11-18(2,3)4/h5-10,12H,11H2,1-4H3. The number of nitrogens with zero attached hydrogens (tertiary/aromatic N) is 1. The third-order valence-electron chi connectivity index (χ3n) is 3.27. The molecule has 1 unspecified atom stereocenters. The third-order valence-corrected chi connectivity index (χ3v) is 3.58. The number of rotatable bonds is 4. The molecule has 0 N–H and O–H groups in total. The van der Waals surface area contributed by atoms with Gasteiger partial charge in [-0.2, -0.15) is 0 Å². The largest absolute Gasteiger partial charge is 0.470 e. The Kier molecular flexibility index (Phi) is 5.07. The topological polar surface area (TPSA) is 22.1 Å². The van der Waals surface area contributed by atoms with Crippen LogP contribution in [0.5, 0.6) is 5.88 Å². The molecule has 0 radical (unpaired) electrons. The highest BCUT2D eigenvalue weighted by Gasteiger charge is 2.18. The molecule has 2 nitrogen and oxygen atoms in total. The zero-order chi connectivity index (χ0) is 16.3. The molecular weight excluding hydrogens is 301 g/mol. The Hall–Kier alpha value is -1.61. The minimum atomic E-state index is -0.439. The smallest absolute Gasteiger partial charge is 0.217 e. The summed E-state index contributed by atoms with van der Waals surface area (Å²) in [5.41, 5.74) is 1.92. The van der Waals surface area contributed by atoms with Crippen LogP contribution in [0.2, 0.25) is 5.02 Å². The second-order valence-corrected chi connectivity index (χ2v) is 7.05. The number of hydrogen-bond donors (Lipinski definition) is 0. The summed E-state index contributed by atoms with van der Waals surface area (Å²) in [5.74, 6) is 0.158. The normalized spacial score (nSPS) is 13.0. The van der Waals surface area contributed by atoms with Crippen LogP contribution in [0, 0.1) is 11.2 Å². The fourth-order valence-corrected chi connectivity index (χ4v) is 2.35. The first-order chi connectivity index (χ1) is 10.3. The van der Waals surface area contributed by atoms with Crippen LogP contribution in [0.1, 0.15) is 44.9 Å². The van der Waals surface area contributed by atoms with Gasteiger partial charge in [-0.15, -0.1) is 0 Å². The van der Waals surface area contributed by atoms with E-state index in [1.165, 1.54) is 6.07 Å². The SMILES string of the molecule is CC(Oc1ncccc1CC(C)(C)C)c1ccc(Cl)c(F)c1. The molecule has 0 saturated carbocycles. The molecule has 0 saturated heterocycles. The lowest BCUT2D eigenvalue weighted by Crippen LogP contribution is -2.12. The van der Waals surface area contributed by atoms with Gasteiger partial charge in [-0.1, -0.05) is 44.5 Å². The number of benzene rings is 1. The average Bonchev–Trinajstić information content (AvgIpc) is 2.42. The summed E-state index contributed by atoms with van der Waals surface area (Å²) in [6.45, 7) is 8.38. The molecule has 0 aliphatic carbocycles.